The lowest BCUT2D eigenvalue weighted by Crippen LogP contribution is -2.36. The lowest BCUT2D eigenvalue weighted by Gasteiger charge is -2.15. The molecule has 140 valence electrons. The van der Waals surface area contributed by atoms with Crippen molar-refractivity contribution >= 4 is 18.0 Å². The van der Waals surface area contributed by atoms with Gasteiger partial charge in [0.15, 0.2) is 11.5 Å². The van der Waals surface area contributed by atoms with E-state index >= 15 is 0 Å². The van der Waals surface area contributed by atoms with Gasteiger partial charge in [-0.05, 0) is 29.3 Å². The molecule has 3 rings (SSSR count). The second-order valence-corrected chi connectivity index (χ2v) is 6.31. The van der Waals surface area contributed by atoms with Gasteiger partial charge >= 0.3 is 0 Å². The summed E-state index contributed by atoms with van der Waals surface area (Å²) in [5, 5.41) is 13.5. The number of nitrogens with one attached hydrogen (secondary N) is 1. The van der Waals surface area contributed by atoms with Gasteiger partial charge in [-0.2, -0.15) is 5.10 Å². The molecule has 1 heterocycles. The van der Waals surface area contributed by atoms with Crippen molar-refractivity contribution in [3.05, 3.63) is 59.7 Å². The van der Waals surface area contributed by atoms with Crippen LogP contribution in [-0.4, -0.2) is 48.2 Å². The number of hydrazone groups is 1. The van der Waals surface area contributed by atoms with E-state index in [1.165, 1.54) is 19.4 Å². The Hall–Kier alpha value is -3.35. The van der Waals surface area contributed by atoms with Gasteiger partial charge < -0.3 is 14.7 Å². The van der Waals surface area contributed by atoms with Crippen molar-refractivity contribution in [2.75, 3.05) is 20.2 Å². The van der Waals surface area contributed by atoms with Gasteiger partial charge in [-0.15, -0.1) is 0 Å². The summed E-state index contributed by atoms with van der Waals surface area (Å²) in [4.78, 5) is 25.8. The molecule has 1 saturated heterocycles. The number of amides is 2. The second-order valence-electron chi connectivity index (χ2n) is 6.31. The smallest absolute Gasteiger partial charge is 0.259 e. The van der Waals surface area contributed by atoms with Crippen LogP contribution in [0.1, 0.15) is 23.5 Å². The molecule has 1 atom stereocenters. The molecule has 7 heteroatoms. The molecule has 0 bridgehead atoms. The number of ether oxygens (including phenoxy) is 1. The molecular weight excluding hydrogens is 346 g/mol. The van der Waals surface area contributed by atoms with Crippen molar-refractivity contribution in [1.82, 2.24) is 10.3 Å². The largest absolute Gasteiger partial charge is 0.504 e. The van der Waals surface area contributed by atoms with E-state index in [1.807, 2.05) is 30.3 Å². The molecule has 0 saturated carbocycles. The number of phenols is 1. The number of likely N-dealkylation sites (tertiary alicyclic amines) is 1. The number of rotatable bonds is 6. The van der Waals surface area contributed by atoms with Crippen LogP contribution in [0.2, 0.25) is 0 Å². The molecule has 2 aromatic carbocycles. The molecule has 27 heavy (non-hydrogen) atoms. The van der Waals surface area contributed by atoms with Crippen LogP contribution in [0.5, 0.6) is 11.5 Å². The predicted octanol–water partition coefficient (Wildman–Crippen LogP) is 1.87. The first-order valence-corrected chi connectivity index (χ1v) is 8.58. The summed E-state index contributed by atoms with van der Waals surface area (Å²) >= 11 is 0. The molecule has 0 aromatic heterocycles. The van der Waals surface area contributed by atoms with Crippen LogP contribution < -0.4 is 10.2 Å². The Morgan fingerprint density at radius 3 is 2.85 bits per heavy atom. The molecule has 1 fully saturated rings. The zero-order valence-corrected chi connectivity index (χ0v) is 15.0. The van der Waals surface area contributed by atoms with Crippen molar-refractivity contribution in [3.8, 4) is 11.5 Å². The van der Waals surface area contributed by atoms with Gasteiger partial charge in [0.1, 0.15) is 6.54 Å². The van der Waals surface area contributed by atoms with Gasteiger partial charge in [-0.1, -0.05) is 30.3 Å². The first kappa shape index (κ1) is 18.4. The summed E-state index contributed by atoms with van der Waals surface area (Å²) in [6.07, 6.45) is 1.85. The van der Waals surface area contributed by atoms with Crippen LogP contribution in [0.25, 0.3) is 0 Å². The number of nitrogens with zero attached hydrogens (tertiary/aromatic N) is 2. The maximum absolute atomic E-state index is 12.2. The van der Waals surface area contributed by atoms with Crippen LogP contribution in [0, 0.1) is 0 Å². The summed E-state index contributed by atoms with van der Waals surface area (Å²) < 4.78 is 5.02. The lowest BCUT2D eigenvalue weighted by atomic mass is 9.99. The summed E-state index contributed by atoms with van der Waals surface area (Å²) in [6.45, 7) is 0.494. The van der Waals surface area contributed by atoms with Gasteiger partial charge in [0, 0.05) is 18.9 Å². The van der Waals surface area contributed by atoms with E-state index in [0.29, 0.717) is 24.3 Å². The number of hydrogen-bond acceptors (Lipinski definition) is 5. The maximum Gasteiger partial charge on any atom is 0.259 e. The minimum atomic E-state index is -0.362. The lowest BCUT2D eigenvalue weighted by molar-refractivity contribution is -0.133. The number of methoxy groups -OCH3 is 1. The fourth-order valence-electron chi connectivity index (χ4n) is 3.04. The van der Waals surface area contributed by atoms with E-state index in [9.17, 15) is 14.7 Å². The van der Waals surface area contributed by atoms with E-state index in [-0.39, 0.29) is 30.0 Å². The molecule has 0 radical (unpaired) electrons. The van der Waals surface area contributed by atoms with Crippen LogP contribution in [0.4, 0.5) is 0 Å². The van der Waals surface area contributed by atoms with Crippen molar-refractivity contribution in [3.63, 3.8) is 0 Å². The third-order valence-corrected chi connectivity index (χ3v) is 4.43. The van der Waals surface area contributed by atoms with Gasteiger partial charge in [0.05, 0.1) is 13.3 Å². The van der Waals surface area contributed by atoms with Crippen LogP contribution in [-0.2, 0) is 9.59 Å². The molecule has 1 aliphatic rings. The average molecular weight is 367 g/mol. The molecule has 2 aromatic rings. The van der Waals surface area contributed by atoms with E-state index in [4.69, 9.17) is 4.74 Å². The number of phenolic OH excluding ortho intramolecular Hbond substituents is 1. The number of hydrogen-bond donors (Lipinski definition) is 2. The first-order valence-electron chi connectivity index (χ1n) is 8.58. The van der Waals surface area contributed by atoms with Gasteiger partial charge in [0.25, 0.3) is 5.91 Å². The highest BCUT2D eigenvalue weighted by atomic mass is 16.5. The molecule has 0 unspecified atom stereocenters. The number of carbonyl (C=O) groups is 2. The number of benzene rings is 2. The minimum absolute atomic E-state index is 0.0270. The predicted molar refractivity (Wildman–Crippen MR) is 101 cm³/mol. The Morgan fingerprint density at radius 1 is 1.33 bits per heavy atom. The van der Waals surface area contributed by atoms with E-state index in [1.54, 1.807) is 17.0 Å². The molecule has 1 aliphatic heterocycles. The normalized spacial score (nSPS) is 16.7. The summed E-state index contributed by atoms with van der Waals surface area (Å²) in [7, 11) is 1.45. The fourth-order valence-corrected chi connectivity index (χ4v) is 3.04. The minimum Gasteiger partial charge on any atom is -0.504 e. The third kappa shape index (κ3) is 4.63. The maximum atomic E-state index is 12.2. The zero-order valence-electron chi connectivity index (χ0n) is 15.0. The van der Waals surface area contributed by atoms with Crippen molar-refractivity contribution in [1.29, 1.82) is 0 Å². The molecule has 2 amide bonds. The monoisotopic (exact) mass is 367 g/mol. The average Bonchev–Trinajstić information content (AvgIpc) is 3.04. The van der Waals surface area contributed by atoms with Crippen molar-refractivity contribution in [2.24, 2.45) is 5.10 Å². The van der Waals surface area contributed by atoms with E-state index in [0.717, 1.165) is 5.56 Å². The first-order chi connectivity index (χ1) is 13.1. The van der Waals surface area contributed by atoms with Crippen LogP contribution in [0.15, 0.2) is 53.6 Å². The SMILES string of the molecule is COc1cc(/C=N\NC(=O)CN2C[C@@H](c3ccccc3)CC2=O)ccc1O. The molecule has 2 N–H and O–H groups in total. The van der Waals surface area contributed by atoms with Crippen LogP contribution >= 0.6 is 0 Å². The topological polar surface area (TPSA) is 91.2 Å². The summed E-state index contributed by atoms with van der Waals surface area (Å²) in [5.41, 5.74) is 4.18. The summed E-state index contributed by atoms with van der Waals surface area (Å²) in [5.74, 6) is 0.0591. The summed E-state index contributed by atoms with van der Waals surface area (Å²) in [6, 6.07) is 14.5. The highest BCUT2D eigenvalue weighted by molar-refractivity contribution is 5.88. The van der Waals surface area contributed by atoms with Crippen molar-refractivity contribution < 1.29 is 19.4 Å². The Labute approximate surface area is 157 Å². The highest BCUT2D eigenvalue weighted by Crippen LogP contribution is 2.27. The molecule has 0 aliphatic carbocycles. The number of aromatic hydroxyl groups is 1. The Morgan fingerprint density at radius 2 is 2.11 bits per heavy atom. The van der Waals surface area contributed by atoms with Crippen molar-refractivity contribution in [2.45, 2.75) is 12.3 Å². The van der Waals surface area contributed by atoms with Gasteiger partial charge in [-0.3, -0.25) is 9.59 Å². The standard InChI is InChI=1S/C20H21N3O4/c1-27-18-9-14(7-8-17(18)24)11-21-22-19(25)13-23-12-16(10-20(23)26)15-5-3-2-4-6-15/h2-9,11,16,24H,10,12-13H2,1H3,(H,22,25)/b21-11-/t16-/m0/s1. The molecule has 0 spiro atoms. The fraction of sp³-hybridized carbons (Fsp3) is 0.250. The zero-order chi connectivity index (χ0) is 19.2. The highest BCUT2D eigenvalue weighted by Gasteiger charge is 2.31. The second kappa shape index (κ2) is 8.35. The van der Waals surface area contributed by atoms with E-state index in [2.05, 4.69) is 10.5 Å². The molecule has 7 nitrogen and oxygen atoms in total. The quantitative estimate of drug-likeness (QED) is 0.602. The Bertz CT molecular complexity index is 852. The Balaban J connectivity index is 1.53. The Kier molecular flexibility index (Phi) is 5.71. The van der Waals surface area contributed by atoms with Gasteiger partial charge in [0.2, 0.25) is 5.91 Å². The van der Waals surface area contributed by atoms with Gasteiger partial charge in [-0.25, -0.2) is 5.43 Å². The third-order valence-electron chi connectivity index (χ3n) is 4.43. The number of carbonyl (C=O) groups excluding carboxylic acids is 2. The molecular formula is C20H21N3O4. The van der Waals surface area contributed by atoms with E-state index < -0.39 is 0 Å². The van der Waals surface area contributed by atoms with Crippen LogP contribution in [0.3, 0.4) is 0 Å².